The Morgan fingerprint density at radius 3 is 2.62 bits per heavy atom. The van der Waals surface area contributed by atoms with Gasteiger partial charge in [0.2, 0.25) is 0 Å². The van der Waals surface area contributed by atoms with Crippen LogP contribution in [0.2, 0.25) is 0 Å². The third-order valence-electron chi connectivity index (χ3n) is 4.02. The van der Waals surface area contributed by atoms with Crippen molar-refractivity contribution < 1.29 is 14.3 Å². The maximum atomic E-state index is 11.3. The number of carbonyl (C=O) groups is 1. The summed E-state index contributed by atoms with van der Waals surface area (Å²) >= 11 is 0. The number of ketones is 1. The Bertz CT molecular complexity index is 252. The maximum Gasteiger partial charge on any atom is 0.166 e. The van der Waals surface area contributed by atoms with Crippen molar-refractivity contribution in [3.63, 3.8) is 0 Å². The largest absolute Gasteiger partial charge is 0.371 e. The Morgan fingerprint density at radius 1 is 1.25 bits per heavy atom. The molecule has 92 valence electrons. The van der Waals surface area contributed by atoms with Crippen LogP contribution < -0.4 is 0 Å². The van der Waals surface area contributed by atoms with E-state index < -0.39 is 0 Å². The Hall–Kier alpha value is -0.410. The van der Waals surface area contributed by atoms with Gasteiger partial charge in [0.15, 0.2) is 5.78 Å². The van der Waals surface area contributed by atoms with Crippen molar-refractivity contribution in [3.8, 4) is 0 Å². The highest BCUT2D eigenvalue weighted by Gasteiger charge is 2.43. The molecule has 2 aliphatic carbocycles. The zero-order valence-electron chi connectivity index (χ0n) is 10.3. The SMILES string of the molecule is CCC1CCCCC1OC1CC(=O)C1OC. The van der Waals surface area contributed by atoms with E-state index in [0.717, 1.165) is 6.42 Å². The molecular formula is C13H22O3. The molecule has 3 heteroatoms. The Balaban J connectivity index is 1.86. The first-order valence-electron chi connectivity index (χ1n) is 6.47. The molecule has 2 fully saturated rings. The van der Waals surface area contributed by atoms with Gasteiger partial charge in [-0.25, -0.2) is 0 Å². The number of methoxy groups -OCH3 is 1. The summed E-state index contributed by atoms with van der Waals surface area (Å²) in [5.74, 6) is 0.873. The number of Topliss-reactive ketones (excluding diaryl/α,β-unsaturated/α-hetero) is 1. The topological polar surface area (TPSA) is 35.5 Å². The minimum absolute atomic E-state index is 0.0228. The van der Waals surface area contributed by atoms with Gasteiger partial charge in [-0.2, -0.15) is 0 Å². The molecule has 0 aliphatic heterocycles. The van der Waals surface area contributed by atoms with E-state index in [0.29, 0.717) is 18.4 Å². The van der Waals surface area contributed by atoms with Crippen LogP contribution in [0.5, 0.6) is 0 Å². The molecule has 0 N–H and O–H groups in total. The summed E-state index contributed by atoms with van der Waals surface area (Å²) in [5.41, 5.74) is 0. The van der Waals surface area contributed by atoms with Gasteiger partial charge in [0.1, 0.15) is 6.10 Å². The highest BCUT2D eigenvalue weighted by Crippen LogP contribution is 2.33. The van der Waals surface area contributed by atoms with E-state index in [-0.39, 0.29) is 18.0 Å². The van der Waals surface area contributed by atoms with Crippen LogP contribution in [0, 0.1) is 5.92 Å². The second-order valence-electron chi connectivity index (χ2n) is 4.99. The molecule has 3 nitrogen and oxygen atoms in total. The van der Waals surface area contributed by atoms with Crippen LogP contribution in [0.4, 0.5) is 0 Å². The predicted molar refractivity (Wildman–Crippen MR) is 61.3 cm³/mol. The summed E-state index contributed by atoms with van der Waals surface area (Å²) in [5, 5.41) is 0. The lowest BCUT2D eigenvalue weighted by Gasteiger charge is -2.40. The van der Waals surface area contributed by atoms with Crippen molar-refractivity contribution >= 4 is 5.78 Å². The van der Waals surface area contributed by atoms with Crippen LogP contribution in [0.15, 0.2) is 0 Å². The summed E-state index contributed by atoms with van der Waals surface area (Å²) < 4.78 is 11.2. The lowest BCUT2D eigenvalue weighted by molar-refractivity contribution is -0.176. The van der Waals surface area contributed by atoms with E-state index in [9.17, 15) is 4.79 Å². The van der Waals surface area contributed by atoms with E-state index >= 15 is 0 Å². The Kier molecular flexibility index (Phi) is 3.98. The average Bonchev–Trinajstić information content (AvgIpc) is 2.29. The van der Waals surface area contributed by atoms with E-state index in [1.165, 1.54) is 25.7 Å². The Morgan fingerprint density at radius 2 is 2.00 bits per heavy atom. The highest BCUT2D eigenvalue weighted by molar-refractivity contribution is 5.90. The minimum Gasteiger partial charge on any atom is -0.371 e. The first kappa shape index (κ1) is 12.1. The predicted octanol–water partition coefficient (Wildman–Crippen LogP) is 2.33. The van der Waals surface area contributed by atoms with Crippen molar-refractivity contribution in [1.82, 2.24) is 0 Å². The van der Waals surface area contributed by atoms with E-state index in [4.69, 9.17) is 9.47 Å². The number of hydrogen-bond acceptors (Lipinski definition) is 3. The molecule has 0 heterocycles. The monoisotopic (exact) mass is 226 g/mol. The summed E-state index contributed by atoms with van der Waals surface area (Å²) in [4.78, 5) is 11.3. The number of ether oxygens (including phenoxy) is 2. The lowest BCUT2D eigenvalue weighted by atomic mass is 9.83. The summed E-state index contributed by atoms with van der Waals surface area (Å²) in [6.45, 7) is 2.23. The first-order valence-corrected chi connectivity index (χ1v) is 6.47. The second kappa shape index (κ2) is 5.28. The van der Waals surface area contributed by atoms with Crippen LogP contribution in [0.25, 0.3) is 0 Å². The minimum atomic E-state index is -0.292. The highest BCUT2D eigenvalue weighted by atomic mass is 16.5. The molecule has 0 aromatic rings. The number of rotatable bonds is 4. The zero-order valence-corrected chi connectivity index (χ0v) is 10.3. The van der Waals surface area contributed by atoms with Crippen LogP contribution in [-0.4, -0.2) is 31.2 Å². The lowest BCUT2D eigenvalue weighted by Crippen LogP contribution is -2.52. The van der Waals surface area contributed by atoms with Crippen LogP contribution in [0.1, 0.15) is 45.4 Å². The van der Waals surface area contributed by atoms with Gasteiger partial charge in [-0.1, -0.05) is 26.2 Å². The molecule has 4 atom stereocenters. The molecule has 0 saturated heterocycles. The number of carbonyl (C=O) groups excluding carboxylic acids is 1. The van der Waals surface area contributed by atoms with Crippen LogP contribution >= 0.6 is 0 Å². The second-order valence-corrected chi connectivity index (χ2v) is 4.99. The van der Waals surface area contributed by atoms with E-state index in [1.807, 2.05) is 0 Å². The normalized spacial score (nSPS) is 39.5. The molecule has 0 aromatic carbocycles. The smallest absolute Gasteiger partial charge is 0.166 e. The van der Waals surface area contributed by atoms with Gasteiger partial charge in [-0.3, -0.25) is 4.79 Å². The zero-order chi connectivity index (χ0) is 11.5. The van der Waals surface area contributed by atoms with Gasteiger partial charge in [-0.15, -0.1) is 0 Å². The molecular weight excluding hydrogens is 204 g/mol. The standard InChI is InChI=1S/C13H22O3/c1-3-9-6-4-5-7-11(9)16-12-8-10(14)13(12)15-2/h9,11-13H,3-8H2,1-2H3. The molecule has 4 unspecified atom stereocenters. The molecule has 0 spiro atoms. The van der Waals surface area contributed by atoms with Gasteiger partial charge >= 0.3 is 0 Å². The van der Waals surface area contributed by atoms with E-state index in [1.54, 1.807) is 7.11 Å². The van der Waals surface area contributed by atoms with Gasteiger partial charge in [0.25, 0.3) is 0 Å². The van der Waals surface area contributed by atoms with E-state index in [2.05, 4.69) is 6.92 Å². The average molecular weight is 226 g/mol. The van der Waals surface area contributed by atoms with Crippen molar-refractivity contribution in [1.29, 1.82) is 0 Å². The molecule has 0 amide bonds. The third-order valence-corrected chi connectivity index (χ3v) is 4.02. The molecule has 0 aromatic heterocycles. The van der Waals surface area contributed by atoms with Crippen molar-refractivity contribution in [3.05, 3.63) is 0 Å². The Labute approximate surface area is 97.5 Å². The van der Waals surface area contributed by atoms with Gasteiger partial charge in [0.05, 0.1) is 12.2 Å². The van der Waals surface area contributed by atoms with Crippen LogP contribution in [-0.2, 0) is 14.3 Å². The summed E-state index contributed by atoms with van der Waals surface area (Å²) in [6.07, 6.45) is 6.84. The first-order chi connectivity index (χ1) is 7.76. The van der Waals surface area contributed by atoms with Gasteiger partial charge < -0.3 is 9.47 Å². The quantitative estimate of drug-likeness (QED) is 0.738. The molecule has 0 radical (unpaired) electrons. The van der Waals surface area contributed by atoms with Crippen LogP contribution in [0.3, 0.4) is 0 Å². The molecule has 2 aliphatic rings. The third kappa shape index (κ3) is 2.30. The summed E-state index contributed by atoms with van der Waals surface area (Å²) in [7, 11) is 1.59. The molecule has 0 bridgehead atoms. The molecule has 2 rings (SSSR count). The summed E-state index contributed by atoms with van der Waals surface area (Å²) in [6, 6.07) is 0. The fourth-order valence-corrected chi connectivity index (χ4v) is 2.92. The molecule has 16 heavy (non-hydrogen) atoms. The fourth-order valence-electron chi connectivity index (χ4n) is 2.92. The maximum absolute atomic E-state index is 11.3. The van der Waals surface area contributed by atoms with Crippen molar-refractivity contribution in [2.75, 3.05) is 7.11 Å². The van der Waals surface area contributed by atoms with Crippen molar-refractivity contribution in [2.45, 2.75) is 63.8 Å². The molecule has 2 saturated carbocycles. The fraction of sp³-hybridized carbons (Fsp3) is 0.923. The number of hydrogen-bond donors (Lipinski definition) is 0. The van der Waals surface area contributed by atoms with Gasteiger partial charge in [0, 0.05) is 13.5 Å². The van der Waals surface area contributed by atoms with Gasteiger partial charge in [-0.05, 0) is 18.8 Å². The van der Waals surface area contributed by atoms with Crippen molar-refractivity contribution in [2.24, 2.45) is 5.92 Å².